The Labute approximate surface area is 157 Å². The minimum Gasteiger partial charge on any atom is -0.411 e. The van der Waals surface area contributed by atoms with Crippen molar-refractivity contribution in [3.05, 3.63) is 58.7 Å². The second kappa shape index (κ2) is 7.74. The Morgan fingerprint density at radius 2 is 1.85 bits per heavy atom. The zero-order valence-electron chi connectivity index (χ0n) is 15.3. The summed E-state index contributed by atoms with van der Waals surface area (Å²) in [7, 11) is 0. The molecule has 5 nitrogen and oxygen atoms in total. The third-order valence-corrected chi connectivity index (χ3v) is 5.18. The molecule has 3 rings (SSSR count). The monoisotopic (exact) mass is 367 g/mol. The Morgan fingerprint density at radius 3 is 2.62 bits per heavy atom. The van der Waals surface area contributed by atoms with Gasteiger partial charge in [-0.3, -0.25) is 4.79 Å². The molecular weight excluding hydrogens is 346 g/mol. The molecule has 2 aromatic carbocycles. The van der Waals surface area contributed by atoms with Crippen molar-refractivity contribution in [1.29, 1.82) is 0 Å². The van der Waals surface area contributed by atoms with E-state index in [1.807, 2.05) is 57.2 Å². The minimum atomic E-state index is -0.102. The molecule has 0 atom stereocenters. The van der Waals surface area contributed by atoms with Crippen LogP contribution in [0.25, 0.3) is 11.5 Å². The predicted molar refractivity (Wildman–Crippen MR) is 104 cm³/mol. The van der Waals surface area contributed by atoms with Gasteiger partial charge in [-0.15, -0.1) is 10.2 Å². The number of aryl methyl sites for hydroxylation is 3. The van der Waals surface area contributed by atoms with Crippen molar-refractivity contribution in [2.75, 3.05) is 11.1 Å². The molecule has 0 spiro atoms. The van der Waals surface area contributed by atoms with Crippen LogP contribution in [0.15, 0.2) is 46.0 Å². The predicted octanol–water partition coefficient (Wildman–Crippen LogP) is 4.70. The average molecular weight is 367 g/mol. The maximum absolute atomic E-state index is 12.2. The minimum absolute atomic E-state index is 0.102. The molecule has 3 aromatic rings. The van der Waals surface area contributed by atoms with Gasteiger partial charge in [-0.2, -0.15) is 0 Å². The van der Waals surface area contributed by atoms with Crippen LogP contribution in [0.4, 0.5) is 5.69 Å². The summed E-state index contributed by atoms with van der Waals surface area (Å²) >= 11 is 1.23. The van der Waals surface area contributed by atoms with E-state index in [0.717, 1.165) is 22.4 Å². The number of thioether (sulfide) groups is 1. The lowest BCUT2D eigenvalue weighted by Gasteiger charge is -2.09. The van der Waals surface area contributed by atoms with E-state index in [1.54, 1.807) is 0 Å². The lowest BCUT2D eigenvalue weighted by atomic mass is 10.1. The number of hydrogen-bond donors (Lipinski definition) is 1. The van der Waals surface area contributed by atoms with Gasteiger partial charge >= 0.3 is 0 Å². The van der Waals surface area contributed by atoms with Crippen molar-refractivity contribution >= 4 is 23.4 Å². The van der Waals surface area contributed by atoms with Gasteiger partial charge in [-0.05, 0) is 68.1 Å². The molecular formula is C20H21N3O2S. The zero-order valence-corrected chi connectivity index (χ0v) is 16.1. The molecule has 0 aliphatic carbocycles. The summed E-state index contributed by atoms with van der Waals surface area (Å²) < 4.78 is 5.67. The zero-order chi connectivity index (χ0) is 18.7. The fraction of sp³-hybridized carbons (Fsp3) is 0.250. The van der Waals surface area contributed by atoms with E-state index in [4.69, 9.17) is 4.42 Å². The van der Waals surface area contributed by atoms with Crippen LogP contribution in [0.1, 0.15) is 22.3 Å². The highest BCUT2D eigenvalue weighted by Gasteiger charge is 2.12. The third kappa shape index (κ3) is 4.14. The van der Waals surface area contributed by atoms with Gasteiger partial charge in [0.1, 0.15) is 0 Å². The van der Waals surface area contributed by atoms with Gasteiger partial charge in [0, 0.05) is 11.3 Å². The Balaban J connectivity index is 1.61. The standard InChI is InChI=1S/C20H21N3O2S/c1-12-8-9-16(10-14(12)3)19-22-23-20(25-19)26-11-18(24)21-17-7-5-6-13(2)15(17)4/h5-10H,11H2,1-4H3,(H,21,24). The number of carbonyl (C=O) groups excluding carboxylic acids is 1. The van der Waals surface area contributed by atoms with Gasteiger partial charge < -0.3 is 9.73 Å². The molecule has 1 aromatic heterocycles. The fourth-order valence-electron chi connectivity index (χ4n) is 2.46. The highest BCUT2D eigenvalue weighted by atomic mass is 32.2. The molecule has 6 heteroatoms. The molecule has 0 saturated heterocycles. The van der Waals surface area contributed by atoms with E-state index in [9.17, 15) is 4.79 Å². The van der Waals surface area contributed by atoms with Gasteiger partial charge in [0.25, 0.3) is 5.22 Å². The number of nitrogens with one attached hydrogen (secondary N) is 1. The van der Waals surface area contributed by atoms with Crippen LogP contribution in [0.5, 0.6) is 0 Å². The molecule has 0 aliphatic rings. The molecule has 0 aliphatic heterocycles. The van der Waals surface area contributed by atoms with Crippen LogP contribution in [0, 0.1) is 27.7 Å². The summed E-state index contributed by atoms with van der Waals surface area (Å²) in [4.78, 5) is 12.2. The SMILES string of the molecule is Cc1ccc(-c2nnc(SCC(=O)Nc3cccc(C)c3C)o2)cc1C. The van der Waals surface area contributed by atoms with E-state index < -0.39 is 0 Å². The first-order valence-electron chi connectivity index (χ1n) is 8.34. The van der Waals surface area contributed by atoms with E-state index in [-0.39, 0.29) is 11.7 Å². The van der Waals surface area contributed by atoms with Crippen molar-refractivity contribution in [2.45, 2.75) is 32.9 Å². The first-order chi connectivity index (χ1) is 12.4. The first kappa shape index (κ1) is 18.2. The fourth-order valence-corrected chi connectivity index (χ4v) is 3.02. The van der Waals surface area contributed by atoms with Crippen LogP contribution in [-0.4, -0.2) is 21.9 Å². The number of aromatic nitrogens is 2. The van der Waals surface area contributed by atoms with Crippen molar-refractivity contribution in [1.82, 2.24) is 10.2 Å². The van der Waals surface area contributed by atoms with Crippen molar-refractivity contribution < 1.29 is 9.21 Å². The lowest BCUT2D eigenvalue weighted by molar-refractivity contribution is -0.113. The lowest BCUT2D eigenvalue weighted by Crippen LogP contribution is -2.15. The van der Waals surface area contributed by atoms with Crippen LogP contribution in [0.2, 0.25) is 0 Å². The maximum Gasteiger partial charge on any atom is 0.277 e. The van der Waals surface area contributed by atoms with Gasteiger partial charge in [0.2, 0.25) is 11.8 Å². The molecule has 134 valence electrons. The smallest absolute Gasteiger partial charge is 0.277 e. The van der Waals surface area contributed by atoms with E-state index in [1.165, 1.54) is 22.9 Å². The van der Waals surface area contributed by atoms with Crippen LogP contribution in [0.3, 0.4) is 0 Å². The number of carbonyl (C=O) groups is 1. The summed E-state index contributed by atoms with van der Waals surface area (Å²) in [5, 5.41) is 11.4. The van der Waals surface area contributed by atoms with Crippen LogP contribution < -0.4 is 5.32 Å². The number of anilines is 1. The Morgan fingerprint density at radius 1 is 1.04 bits per heavy atom. The Hall–Kier alpha value is -2.60. The molecule has 26 heavy (non-hydrogen) atoms. The van der Waals surface area contributed by atoms with Gasteiger partial charge in [0.05, 0.1) is 5.75 Å². The number of rotatable bonds is 5. The summed E-state index contributed by atoms with van der Waals surface area (Å²) in [5.41, 5.74) is 6.31. The second-order valence-electron chi connectivity index (χ2n) is 6.26. The summed E-state index contributed by atoms with van der Waals surface area (Å²) in [6.07, 6.45) is 0. The quantitative estimate of drug-likeness (QED) is 0.662. The second-order valence-corrected chi connectivity index (χ2v) is 7.18. The highest BCUT2D eigenvalue weighted by molar-refractivity contribution is 7.99. The van der Waals surface area contributed by atoms with Crippen LogP contribution >= 0.6 is 11.8 Å². The van der Waals surface area contributed by atoms with Gasteiger partial charge in [0.15, 0.2) is 0 Å². The molecule has 0 radical (unpaired) electrons. The first-order valence-corrected chi connectivity index (χ1v) is 9.32. The summed E-state index contributed by atoms with van der Waals surface area (Å²) in [6.45, 7) is 8.11. The number of nitrogens with zero attached hydrogens (tertiary/aromatic N) is 2. The van der Waals surface area contributed by atoms with E-state index in [2.05, 4.69) is 22.4 Å². The highest BCUT2D eigenvalue weighted by Crippen LogP contribution is 2.25. The van der Waals surface area contributed by atoms with Crippen LogP contribution in [-0.2, 0) is 4.79 Å². The molecule has 0 unspecified atom stereocenters. The Kier molecular flexibility index (Phi) is 5.42. The normalized spacial score (nSPS) is 10.8. The van der Waals surface area contributed by atoms with E-state index in [0.29, 0.717) is 11.1 Å². The van der Waals surface area contributed by atoms with Gasteiger partial charge in [-0.25, -0.2) is 0 Å². The topological polar surface area (TPSA) is 68.0 Å². The molecule has 1 amide bonds. The third-order valence-electron chi connectivity index (χ3n) is 4.37. The summed E-state index contributed by atoms with van der Waals surface area (Å²) in [6, 6.07) is 11.8. The van der Waals surface area contributed by atoms with E-state index >= 15 is 0 Å². The molecule has 0 fully saturated rings. The molecule has 1 N–H and O–H groups in total. The summed E-state index contributed by atoms with van der Waals surface area (Å²) in [5.74, 6) is 0.572. The van der Waals surface area contributed by atoms with Gasteiger partial charge in [-0.1, -0.05) is 30.0 Å². The largest absolute Gasteiger partial charge is 0.411 e. The van der Waals surface area contributed by atoms with Crippen molar-refractivity contribution in [3.8, 4) is 11.5 Å². The molecule has 0 bridgehead atoms. The number of hydrogen-bond acceptors (Lipinski definition) is 5. The number of benzene rings is 2. The van der Waals surface area contributed by atoms with Crippen molar-refractivity contribution in [2.24, 2.45) is 0 Å². The molecule has 0 saturated carbocycles. The maximum atomic E-state index is 12.2. The Bertz CT molecular complexity index is 950. The van der Waals surface area contributed by atoms with Crippen molar-refractivity contribution in [3.63, 3.8) is 0 Å². The molecule has 1 heterocycles. The average Bonchev–Trinajstić information content (AvgIpc) is 3.09. The number of amides is 1.